The summed E-state index contributed by atoms with van der Waals surface area (Å²) in [5.74, 6) is 0. The van der Waals surface area contributed by atoms with E-state index in [1.165, 1.54) is 24.3 Å². The maximum Gasteiger partial charge on any atom is 0.536 e. The molecule has 0 fully saturated rings. The van der Waals surface area contributed by atoms with Gasteiger partial charge in [-0.1, -0.05) is 23.4 Å². The van der Waals surface area contributed by atoms with Gasteiger partial charge in [0.1, 0.15) is 6.07 Å². The molecule has 0 atom stereocenters. The number of oxime groups is 1. The maximum absolute atomic E-state index is 12.1. The smallest absolute Gasteiger partial charge is 0.260 e. The van der Waals surface area contributed by atoms with Crippen molar-refractivity contribution >= 4 is 15.8 Å². The van der Waals surface area contributed by atoms with Gasteiger partial charge in [0.25, 0.3) is 0 Å². The monoisotopic (exact) mass is 317 g/mol. The summed E-state index contributed by atoms with van der Waals surface area (Å²) < 4.78 is 60.9. The molecule has 0 spiro atoms. The second kappa shape index (κ2) is 6.24. The van der Waals surface area contributed by atoms with Crippen LogP contribution in [0.15, 0.2) is 29.4 Å². The van der Waals surface area contributed by atoms with E-state index >= 15 is 0 Å². The van der Waals surface area contributed by atoms with Crippen LogP contribution in [0.1, 0.15) is 11.1 Å². The van der Waals surface area contributed by atoms with Gasteiger partial charge in [-0.25, -0.2) is 0 Å². The summed E-state index contributed by atoms with van der Waals surface area (Å²) in [4.78, 5) is 0. The van der Waals surface area contributed by atoms with Gasteiger partial charge in [-0.15, -0.1) is 0 Å². The van der Waals surface area contributed by atoms with Crippen LogP contribution in [0.3, 0.4) is 0 Å². The van der Waals surface area contributed by atoms with Crippen LogP contribution in [-0.4, -0.2) is 19.6 Å². The molecule has 0 aliphatic heterocycles. The lowest BCUT2D eigenvalue weighted by molar-refractivity contribution is -0.0540. The molecule has 0 N–H and O–H groups in total. The first-order valence-electron chi connectivity index (χ1n) is 5.15. The highest BCUT2D eigenvalue weighted by atomic mass is 32.2. The van der Waals surface area contributed by atoms with Crippen LogP contribution in [0, 0.1) is 22.7 Å². The fourth-order valence-corrected chi connectivity index (χ4v) is 1.44. The Morgan fingerprint density at radius 3 is 2.52 bits per heavy atom. The first-order valence-corrected chi connectivity index (χ1v) is 6.56. The van der Waals surface area contributed by atoms with Crippen LogP contribution in [-0.2, 0) is 20.8 Å². The average molecular weight is 317 g/mol. The van der Waals surface area contributed by atoms with Gasteiger partial charge < -0.3 is 0 Å². The van der Waals surface area contributed by atoms with Crippen LogP contribution >= 0.6 is 0 Å². The molecule has 0 saturated carbocycles. The zero-order chi connectivity index (χ0) is 16.1. The summed E-state index contributed by atoms with van der Waals surface area (Å²) in [6.45, 7) is 0. The molecule has 0 aliphatic carbocycles. The Balaban J connectivity index is 3.10. The molecule has 0 saturated heterocycles. The molecular formula is C11H6F3N3O3S. The van der Waals surface area contributed by atoms with E-state index in [0.29, 0.717) is 5.56 Å². The van der Waals surface area contributed by atoms with Crippen LogP contribution in [0.5, 0.6) is 0 Å². The Hall–Kier alpha value is -2.59. The van der Waals surface area contributed by atoms with E-state index in [-0.39, 0.29) is 12.0 Å². The SMILES string of the molecule is N#CCc1cccc(C(C#N)=NOS(=O)(=O)C(F)(F)F)c1. The molecule has 0 aliphatic rings. The lowest BCUT2D eigenvalue weighted by Gasteiger charge is -2.05. The van der Waals surface area contributed by atoms with Gasteiger partial charge in [-0.05, 0) is 11.6 Å². The van der Waals surface area contributed by atoms with Gasteiger partial charge in [0, 0.05) is 5.56 Å². The zero-order valence-corrected chi connectivity index (χ0v) is 10.9. The minimum absolute atomic E-state index is 0.00819. The van der Waals surface area contributed by atoms with Crippen LogP contribution in [0.2, 0.25) is 0 Å². The van der Waals surface area contributed by atoms with Gasteiger partial charge in [0.2, 0.25) is 0 Å². The highest BCUT2D eigenvalue weighted by Gasteiger charge is 2.49. The third-order valence-corrected chi connectivity index (χ3v) is 2.94. The summed E-state index contributed by atoms with van der Waals surface area (Å²) >= 11 is 0. The number of alkyl halides is 3. The van der Waals surface area contributed by atoms with Gasteiger partial charge in [0.05, 0.1) is 12.5 Å². The van der Waals surface area contributed by atoms with Crippen molar-refractivity contribution in [1.82, 2.24) is 0 Å². The number of nitrogens with zero attached hydrogens (tertiary/aromatic N) is 3. The van der Waals surface area contributed by atoms with E-state index in [9.17, 15) is 21.6 Å². The first kappa shape index (κ1) is 16.5. The predicted molar refractivity (Wildman–Crippen MR) is 64.0 cm³/mol. The van der Waals surface area contributed by atoms with Crippen molar-refractivity contribution in [2.45, 2.75) is 11.9 Å². The number of benzene rings is 1. The van der Waals surface area contributed by atoms with E-state index in [1.54, 1.807) is 6.07 Å². The highest BCUT2D eigenvalue weighted by molar-refractivity contribution is 7.87. The van der Waals surface area contributed by atoms with Gasteiger partial charge in [0.15, 0.2) is 5.71 Å². The summed E-state index contributed by atoms with van der Waals surface area (Å²) in [6.07, 6.45) is 0.00819. The van der Waals surface area contributed by atoms with E-state index in [2.05, 4.69) is 9.44 Å². The third-order valence-electron chi connectivity index (χ3n) is 2.10. The van der Waals surface area contributed by atoms with Crippen molar-refractivity contribution in [3.8, 4) is 12.1 Å². The quantitative estimate of drug-likeness (QED) is 0.479. The minimum Gasteiger partial charge on any atom is -0.260 e. The van der Waals surface area contributed by atoms with Gasteiger partial charge >= 0.3 is 15.6 Å². The molecule has 1 aromatic rings. The Kier molecular flexibility index (Phi) is 4.89. The van der Waals surface area contributed by atoms with Crippen molar-refractivity contribution in [2.24, 2.45) is 5.16 Å². The fourth-order valence-electron chi connectivity index (χ4n) is 1.19. The molecule has 0 amide bonds. The Labute approximate surface area is 117 Å². The number of halogens is 3. The lowest BCUT2D eigenvalue weighted by atomic mass is 10.1. The molecule has 110 valence electrons. The molecule has 0 bridgehead atoms. The van der Waals surface area contributed by atoms with Gasteiger partial charge in [-0.2, -0.15) is 32.1 Å². The molecule has 0 unspecified atom stereocenters. The van der Waals surface area contributed by atoms with E-state index in [1.807, 2.05) is 6.07 Å². The van der Waals surface area contributed by atoms with E-state index in [4.69, 9.17) is 10.5 Å². The normalized spacial score (nSPS) is 12.3. The van der Waals surface area contributed by atoms with Crippen LogP contribution in [0.25, 0.3) is 0 Å². The molecule has 10 heteroatoms. The summed E-state index contributed by atoms with van der Waals surface area (Å²) in [5.41, 5.74) is -5.79. The highest BCUT2D eigenvalue weighted by Crippen LogP contribution is 2.24. The zero-order valence-electron chi connectivity index (χ0n) is 10.1. The maximum atomic E-state index is 12.1. The topological polar surface area (TPSA) is 103 Å². The number of hydrogen-bond acceptors (Lipinski definition) is 6. The molecular weight excluding hydrogens is 311 g/mol. The number of hydrogen-bond donors (Lipinski definition) is 0. The number of nitriles is 2. The molecule has 1 rings (SSSR count). The lowest BCUT2D eigenvalue weighted by Crippen LogP contribution is -2.24. The Morgan fingerprint density at radius 2 is 2.00 bits per heavy atom. The second-order valence-electron chi connectivity index (χ2n) is 3.56. The average Bonchev–Trinajstić information content (AvgIpc) is 2.39. The largest absolute Gasteiger partial charge is 0.536 e. The van der Waals surface area contributed by atoms with Gasteiger partial charge in [-0.3, -0.25) is 4.28 Å². The van der Waals surface area contributed by atoms with Crippen LogP contribution in [0.4, 0.5) is 13.2 Å². The van der Waals surface area contributed by atoms with Crippen molar-refractivity contribution in [3.63, 3.8) is 0 Å². The minimum atomic E-state index is -5.92. The predicted octanol–water partition coefficient (Wildman–Crippen LogP) is 1.85. The Morgan fingerprint density at radius 1 is 1.33 bits per heavy atom. The second-order valence-corrected chi connectivity index (χ2v) is 5.08. The molecule has 6 nitrogen and oxygen atoms in total. The summed E-state index contributed by atoms with van der Waals surface area (Å²) in [7, 11) is -5.92. The Bertz CT molecular complexity index is 742. The molecule has 0 aromatic heterocycles. The standard InChI is InChI=1S/C11H6F3N3O3S/c12-11(13,14)21(18,19)20-17-10(7-16)9-3-1-2-8(6-9)4-5-15/h1-3,6H,4H2. The summed E-state index contributed by atoms with van der Waals surface area (Å²) in [5, 5.41) is 20.0. The fraction of sp³-hybridized carbons (Fsp3) is 0.182. The van der Waals surface area contributed by atoms with Crippen molar-refractivity contribution in [2.75, 3.05) is 0 Å². The first-order chi connectivity index (χ1) is 9.71. The van der Waals surface area contributed by atoms with E-state index in [0.717, 1.165) is 0 Å². The molecule has 1 aromatic carbocycles. The molecule has 21 heavy (non-hydrogen) atoms. The van der Waals surface area contributed by atoms with Crippen molar-refractivity contribution < 1.29 is 25.9 Å². The van der Waals surface area contributed by atoms with E-state index < -0.39 is 21.3 Å². The number of rotatable bonds is 4. The summed E-state index contributed by atoms with van der Waals surface area (Å²) in [6, 6.07) is 8.88. The molecule has 0 radical (unpaired) electrons. The van der Waals surface area contributed by atoms with Crippen molar-refractivity contribution in [3.05, 3.63) is 35.4 Å². The third kappa shape index (κ3) is 4.19. The van der Waals surface area contributed by atoms with Crippen molar-refractivity contribution in [1.29, 1.82) is 10.5 Å². The molecule has 0 heterocycles. The van der Waals surface area contributed by atoms with Crippen LogP contribution < -0.4 is 0 Å².